The van der Waals surface area contributed by atoms with E-state index in [4.69, 9.17) is 0 Å². The smallest absolute Gasteiger partial charge is 0.224 e. The molecule has 5 heteroatoms. The molecule has 2 aromatic heterocycles. The summed E-state index contributed by atoms with van der Waals surface area (Å²) >= 11 is 0. The maximum Gasteiger partial charge on any atom is 0.224 e. The first-order valence-electron chi connectivity index (χ1n) is 8.20. The molecule has 124 valence electrons. The molecule has 0 aliphatic rings. The van der Waals surface area contributed by atoms with Crippen LogP contribution in [0.2, 0.25) is 0 Å². The Bertz CT molecular complexity index is 984. The molecular weight excluding hydrogens is 312 g/mol. The molecule has 0 saturated heterocycles. The van der Waals surface area contributed by atoms with E-state index < -0.39 is 0 Å². The second kappa shape index (κ2) is 6.65. The molecule has 0 saturated carbocycles. The van der Waals surface area contributed by atoms with Crippen molar-refractivity contribution in [2.24, 2.45) is 0 Å². The number of rotatable bonds is 5. The summed E-state index contributed by atoms with van der Waals surface area (Å²) in [6.45, 7) is 0.514. The van der Waals surface area contributed by atoms with Crippen LogP contribution in [0.5, 0.6) is 0 Å². The Kier molecular flexibility index (Phi) is 4.04. The highest BCUT2D eigenvalue weighted by Crippen LogP contribution is 2.18. The number of aromatic amines is 1. The molecule has 4 rings (SSSR count). The van der Waals surface area contributed by atoms with Crippen molar-refractivity contribution in [2.75, 3.05) is 0 Å². The molecule has 0 atom stereocenters. The Balaban J connectivity index is 1.37. The maximum atomic E-state index is 12.2. The van der Waals surface area contributed by atoms with Crippen molar-refractivity contribution in [3.8, 4) is 5.69 Å². The number of amides is 1. The monoisotopic (exact) mass is 330 g/mol. The zero-order valence-corrected chi connectivity index (χ0v) is 13.6. The summed E-state index contributed by atoms with van der Waals surface area (Å²) < 4.78 is 1.80. The highest BCUT2D eigenvalue weighted by atomic mass is 16.1. The van der Waals surface area contributed by atoms with Crippen LogP contribution in [0.4, 0.5) is 0 Å². The van der Waals surface area contributed by atoms with E-state index in [0.29, 0.717) is 13.0 Å². The first kappa shape index (κ1) is 15.2. The van der Waals surface area contributed by atoms with Crippen LogP contribution in [-0.4, -0.2) is 20.7 Å². The van der Waals surface area contributed by atoms with Gasteiger partial charge in [0.05, 0.1) is 12.1 Å². The molecule has 2 aromatic carbocycles. The number of aromatic nitrogens is 3. The number of nitrogens with zero attached hydrogens (tertiary/aromatic N) is 2. The van der Waals surface area contributed by atoms with Crippen LogP contribution in [-0.2, 0) is 17.8 Å². The Morgan fingerprint density at radius 1 is 1.08 bits per heavy atom. The fraction of sp³-hybridized carbons (Fsp3) is 0.100. The lowest BCUT2D eigenvalue weighted by atomic mass is 10.1. The predicted molar refractivity (Wildman–Crippen MR) is 97.4 cm³/mol. The van der Waals surface area contributed by atoms with E-state index in [0.717, 1.165) is 27.7 Å². The van der Waals surface area contributed by atoms with Gasteiger partial charge in [-0.2, -0.15) is 5.10 Å². The van der Waals surface area contributed by atoms with Gasteiger partial charge < -0.3 is 10.3 Å². The van der Waals surface area contributed by atoms with Gasteiger partial charge in [0, 0.05) is 36.0 Å². The van der Waals surface area contributed by atoms with E-state index in [-0.39, 0.29) is 5.91 Å². The van der Waals surface area contributed by atoms with E-state index in [1.807, 2.05) is 67.0 Å². The molecular formula is C20H18N4O. The standard InChI is InChI=1S/C20H18N4O/c25-20(12-16-14-21-19-5-2-1-4-18(16)19)22-13-15-6-8-17(9-7-15)24-11-3-10-23-24/h1-11,14,21H,12-13H2,(H,22,25). The Hall–Kier alpha value is -3.34. The number of benzene rings is 2. The number of H-pyrrole nitrogens is 1. The molecule has 0 spiro atoms. The van der Waals surface area contributed by atoms with Crippen molar-refractivity contribution >= 4 is 16.8 Å². The van der Waals surface area contributed by atoms with Gasteiger partial charge in [-0.3, -0.25) is 4.79 Å². The van der Waals surface area contributed by atoms with Crippen molar-refractivity contribution in [1.82, 2.24) is 20.1 Å². The molecule has 5 nitrogen and oxygen atoms in total. The molecule has 0 unspecified atom stereocenters. The van der Waals surface area contributed by atoms with Gasteiger partial charge in [0.25, 0.3) is 0 Å². The number of para-hydroxylation sites is 1. The second-order valence-corrected chi connectivity index (χ2v) is 5.93. The van der Waals surface area contributed by atoms with Crippen LogP contribution in [0.25, 0.3) is 16.6 Å². The van der Waals surface area contributed by atoms with Gasteiger partial charge in [0.2, 0.25) is 5.91 Å². The van der Waals surface area contributed by atoms with Crippen LogP contribution < -0.4 is 5.32 Å². The highest BCUT2D eigenvalue weighted by Gasteiger charge is 2.08. The average Bonchev–Trinajstić information content (AvgIpc) is 3.31. The van der Waals surface area contributed by atoms with Gasteiger partial charge in [-0.25, -0.2) is 4.68 Å². The third-order valence-corrected chi connectivity index (χ3v) is 4.22. The fourth-order valence-corrected chi connectivity index (χ4v) is 2.90. The van der Waals surface area contributed by atoms with E-state index in [1.165, 1.54) is 0 Å². The van der Waals surface area contributed by atoms with E-state index in [1.54, 1.807) is 10.9 Å². The fourth-order valence-electron chi connectivity index (χ4n) is 2.90. The lowest BCUT2D eigenvalue weighted by molar-refractivity contribution is -0.120. The minimum absolute atomic E-state index is 0.0147. The molecule has 1 amide bonds. The number of fused-ring (bicyclic) bond motifs is 1. The van der Waals surface area contributed by atoms with Gasteiger partial charge in [-0.05, 0) is 35.4 Å². The minimum atomic E-state index is 0.0147. The normalized spacial score (nSPS) is 10.9. The number of nitrogens with one attached hydrogen (secondary N) is 2. The number of carbonyl (C=O) groups is 1. The van der Waals surface area contributed by atoms with Gasteiger partial charge >= 0.3 is 0 Å². The lowest BCUT2D eigenvalue weighted by Gasteiger charge is -2.07. The quantitative estimate of drug-likeness (QED) is 0.590. The Labute approximate surface area is 145 Å². The topological polar surface area (TPSA) is 62.7 Å². The summed E-state index contributed by atoms with van der Waals surface area (Å²) in [5, 5.41) is 8.28. The molecule has 0 bridgehead atoms. The SMILES string of the molecule is O=C(Cc1c[nH]c2ccccc12)NCc1ccc(-n2cccn2)cc1. The van der Waals surface area contributed by atoms with E-state index >= 15 is 0 Å². The molecule has 4 aromatic rings. The summed E-state index contributed by atoms with van der Waals surface area (Å²) in [5.74, 6) is 0.0147. The summed E-state index contributed by atoms with van der Waals surface area (Å²) in [4.78, 5) is 15.4. The molecule has 25 heavy (non-hydrogen) atoms. The summed E-state index contributed by atoms with van der Waals surface area (Å²) in [6.07, 6.45) is 5.93. The van der Waals surface area contributed by atoms with Crippen LogP contribution >= 0.6 is 0 Å². The molecule has 0 aliphatic heterocycles. The third-order valence-electron chi connectivity index (χ3n) is 4.22. The Morgan fingerprint density at radius 3 is 2.72 bits per heavy atom. The summed E-state index contributed by atoms with van der Waals surface area (Å²) in [7, 11) is 0. The van der Waals surface area contributed by atoms with Gasteiger partial charge in [-0.15, -0.1) is 0 Å². The van der Waals surface area contributed by atoms with Crippen molar-refractivity contribution in [1.29, 1.82) is 0 Å². The number of hydrogen-bond acceptors (Lipinski definition) is 2. The van der Waals surface area contributed by atoms with Crippen LogP contribution in [0, 0.1) is 0 Å². The minimum Gasteiger partial charge on any atom is -0.361 e. The average molecular weight is 330 g/mol. The van der Waals surface area contributed by atoms with Crippen molar-refractivity contribution in [3.05, 3.63) is 84.3 Å². The van der Waals surface area contributed by atoms with Gasteiger partial charge in [-0.1, -0.05) is 30.3 Å². The van der Waals surface area contributed by atoms with Crippen molar-refractivity contribution in [2.45, 2.75) is 13.0 Å². The predicted octanol–water partition coefficient (Wildman–Crippen LogP) is 3.21. The van der Waals surface area contributed by atoms with Crippen LogP contribution in [0.15, 0.2) is 73.2 Å². The molecule has 2 N–H and O–H groups in total. The Morgan fingerprint density at radius 2 is 1.92 bits per heavy atom. The second-order valence-electron chi connectivity index (χ2n) is 5.93. The lowest BCUT2D eigenvalue weighted by Crippen LogP contribution is -2.24. The highest BCUT2D eigenvalue weighted by molar-refractivity contribution is 5.88. The summed E-state index contributed by atoms with van der Waals surface area (Å²) in [5.41, 5.74) is 4.13. The van der Waals surface area contributed by atoms with Crippen LogP contribution in [0.1, 0.15) is 11.1 Å². The zero-order chi connectivity index (χ0) is 17.1. The largest absolute Gasteiger partial charge is 0.361 e. The number of carbonyl (C=O) groups excluding carboxylic acids is 1. The van der Waals surface area contributed by atoms with Gasteiger partial charge in [0.1, 0.15) is 0 Å². The van der Waals surface area contributed by atoms with Gasteiger partial charge in [0.15, 0.2) is 0 Å². The van der Waals surface area contributed by atoms with Crippen molar-refractivity contribution in [3.63, 3.8) is 0 Å². The first-order valence-corrected chi connectivity index (χ1v) is 8.20. The van der Waals surface area contributed by atoms with E-state index in [9.17, 15) is 4.79 Å². The third kappa shape index (κ3) is 3.30. The molecule has 0 radical (unpaired) electrons. The van der Waals surface area contributed by atoms with Crippen molar-refractivity contribution < 1.29 is 4.79 Å². The van der Waals surface area contributed by atoms with Crippen LogP contribution in [0.3, 0.4) is 0 Å². The first-order chi connectivity index (χ1) is 12.3. The molecule has 0 aliphatic carbocycles. The molecule has 2 heterocycles. The maximum absolute atomic E-state index is 12.2. The zero-order valence-electron chi connectivity index (χ0n) is 13.6. The molecule has 0 fully saturated rings. The number of hydrogen-bond donors (Lipinski definition) is 2. The van der Waals surface area contributed by atoms with E-state index in [2.05, 4.69) is 15.4 Å². The summed E-state index contributed by atoms with van der Waals surface area (Å²) in [6, 6.07) is 17.9.